The number of alkyl halides is 3. The van der Waals surface area contributed by atoms with Gasteiger partial charge in [0.15, 0.2) is 6.61 Å². The van der Waals surface area contributed by atoms with Gasteiger partial charge in [-0.2, -0.15) is 18.7 Å². The zero-order valence-electron chi connectivity index (χ0n) is 10.2. The third-order valence-electron chi connectivity index (χ3n) is 2.73. The van der Waals surface area contributed by atoms with Crippen LogP contribution in [0.3, 0.4) is 0 Å². The molecule has 0 spiro atoms. The number of hydrogen-bond donors (Lipinski definition) is 2. The lowest BCUT2D eigenvalue weighted by Gasteiger charge is -2.23. The molecule has 1 aliphatic rings. The number of nitrogens with one attached hydrogen (secondary N) is 1. The van der Waals surface area contributed by atoms with Crippen LogP contribution in [0, 0.1) is 0 Å². The van der Waals surface area contributed by atoms with Crippen molar-refractivity contribution in [2.45, 2.75) is 50.5 Å². The lowest BCUT2D eigenvalue weighted by atomic mass is 9.98. The molecule has 1 fully saturated rings. The maximum absolute atomic E-state index is 11.7. The van der Waals surface area contributed by atoms with Crippen LogP contribution >= 0.6 is 0 Å². The Morgan fingerprint density at radius 1 is 1.22 bits per heavy atom. The van der Waals surface area contributed by atoms with Gasteiger partial charge in [-0.15, -0.1) is 0 Å². The van der Waals surface area contributed by atoms with Crippen molar-refractivity contribution in [2.75, 3.05) is 19.8 Å². The zero-order chi connectivity index (χ0) is 13.4. The standard InChI is InChI=1S/C11H20F3NO3/c12-11(13,14)8-18-15-6-9(16)7-17-10-4-2-1-3-5-10/h9-10,15-16H,1-8H2. The van der Waals surface area contributed by atoms with Crippen molar-refractivity contribution in [2.24, 2.45) is 0 Å². The van der Waals surface area contributed by atoms with E-state index in [2.05, 4.69) is 10.3 Å². The molecule has 1 aliphatic carbocycles. The Kier molecular flexibility index (Phi) is 6.91. The first-order chi connectivity index (χ1) is 8.47. The molecule has 0 saturated heterocycles. The first-order valence-corrected chi connectivity index (χ1v) is 6.18. The van der Waals surface area contributed by atoms with Crippen molar-refractivity contribution < 1.29 is 27.9 Å². The molecule has 108 valence electrons. The maximum atomic E-state index is 11.7. The predicted octanol–water partition coefficient (Wildman–Crippen LogP) is 1.78. The third kappa shape index (κ3) is 7.86. The molecule has 7 heteroatoms. The van der Waals surface area contributed by atoms with E-state index in [-0.39, 0.29) is 19.3 Å². The van der Waals surface area contributed by atoms with Crippen LogP contribution in [-0.2, 0) is 9.57 Å². The predicted molar refractivity (Wildman–Crippen MR) is 58.8 cm³/mol. The quantitative estimate of drug-likeness (QED) is 0.547. The maximum Gasteiger partial charge on any atom is 0.413 e. The van der Waals surface area contributed by atoms with Crippen molar-refractivity contribution in [3.05, 3.63) is 0 Å². The van der Waals surface area contributed by atoms with E-state index in [9.17, 15) is 18.3 Å². The highest BCUT2D eigenvalue weighted by atomic mass is 19.4. The summed E-state index contributed by atoms with van der Waals surface area (Å²) >= 11 is 0. The molecule has 4 nitrogen and oxygen atoms in total. The summed E-state index contributed by atoms with van der Waals surface area (Å²) in [4.78, 5) is 4.17. The zero-order valence-corrected chi connectivity index (χ0v) is 10.2. The molecule has 0 aromatic rings. The summed E-state index contributed by atoms with van der Waals surface area (Å²) in [7, 11) is 0. The van der Waals surface area contributed by atoms with E-state index < -0.39 is 18.9 Å². The highest BCUT2D eigenvalue weighted by molar-refractivity contribution is 4.66. The van der Waals surface area contributed by atoms with Gasteiger partial charge in [0.05, 0.1) is 18.8 Å². The molecule has 2 N–H and O–H groups in total. The van der Waals surface area contributed by atoms with Gasteiger partial charge in [-0.3, -0.25) is 4.84 Å². The second-order valence-corrected chi connectivity index (χ2v) is 4.50. The molecule has 0 aromatic carbocycles. The lowest BCUT2D eigenvalue weighted by molar-refractivity contribution is -0.191. The first-order valence-electron chi connectivity index (χ1n) is 6.18. The first kappa shape index (κ1) is 15.7. The number of hydrogen-bond acceptors (Lipinski definition) is 4. The summed E-state index contributed by atoms with van der Waals surface area (Å²) in [5.41, 5.74) is 2.08. The van der Waals surface area contributed by atoms with Crippen LogP contribution in [0.5, 0.6) is 0 Å². The molecule has 1 rings (SSSR count). The number of rotatable bonds is 7. The number of halogens is 3. The molecule has 0 aromatic heterocycles. The summed E-state index contributed by atoms with van der Waals surface area (Å²) in [5.74, 6) is 0. The van der Waals surface area contributed by atoms with E-state index in [0.29, 0.717) is 0 Å². The Hall–Kier alpha value is -0.370. The van der Waals surface area contributed by atoms with Gasteiger partial charge in [-0.25, -0.2) is 0 Å². The van der Waals surface area contributed by atoms with Gasteiger partial charge in [-0.05, 0) is 12.8 Å². The van der Waals surface area contributed by atoms with Gasteiger partial charge in [-0.1, -0.05) is 19.3 Å². The highest BCUT2D eigenvalue weighted by Crippen LogP contribution is 2.20. The van der Waals surface area contributed by atoms with E-state index >= 15 is 0 Å². The molecule has 1 atom stereocenters. The molecule has 0 radical (unpaired) electrons. The second kappa shape index (κ2) is 7.93. The van der Waals surface area contributed by atoms with E-state index in [1.807, 2.05) is 0 Å². The summed E-state index contributed by atoms with van der Waals surface area (Å²) in [6, 6.07) is 0. The number of ether oxygens (including phenoxy) is 1. The van der Waals surface area contributed by atoms with E-state index in [0.717, 1.165) is 25.7 Å². The highest BCUT2D eigenvalue weighted by Gasteiger charge is 2.27. The van der Waals surface area contributed by atoms with Crippen LogP contribution in [-0.4, -0.2) is 43.2 Å². The Balaban J connectivity index is 1.98. The van der Waals surface area contributed by atoms with Crippen LogP contribution in [0.25, 0.3) is 0 Å². The smallest absolute Gasteiger partial charge is 0.389 e. The second-order valence-electron chi connectivity index (χ2n) is 4.50. The lowest BCUT2D eigenvalue weighted by Crippen LogP contribution is -2.34. The fourth-order valence-corrected chi connectivity index (χ4v) is 1.83. The average molecular weight is 271 g/mol. The molecule has 0 amide bonds. The SMILES string of the molecule is OC(CNOCC(F)(F)F)COC1CCCCC1. The fourth-order valence-electron chi connectivity index (χ4n) is 1.83. The van der Waals surface area contributed by atoms with Crippen LogP contribution in [0.15, 0.2) is 0 Å². The van der Waals surface area contributed by atoms with Gasteiger partial charge < -0.3 is 9.84 Å². The minimum absolute atomic E-state index is 0.0806. The van der Waals surface area contributed by atoms with Crippen LogP contribution in [0.4, 0.5) is 13.2 Å². The fraction of sp³-hybridized carbons (Fsp3) is 1.00. The number of aliphatic hydroxyl groups is 1. The van der Waals surface area contributed by atoms with Gasteiger partial charge in [0, 0.05) is 6.54 Å². The monoisotopic (exact) mass is 271 g/mol. The van der Waals surface area contributed by atoms with Crippen molar-refractivity contribution in [1.82, 2.24) is 5.48 Å². The van der Waals surface area contributed by atoms with Gasteiger partial charge in [0.2, 0.25) is 0 Å². The van der Waals surface area contributed by atoms with E-state index in [1.165, 1.54) is 6.42 Å². The molecular weight excluding hydrogens is 251 g/mol. The topological polar surface area (TPSA) is 50.7 Å². The minimum Gasteiger partial charge on any atom is -0.389 e. The van der Waals surface area contributed by atoms with Gasteiger partial charge in [0.25, 0.3) is 0 Å². The Bertz CT molecular complexity index is 220. The van der Waals surface area contributed by atoms with Crippen molar-refractivity contribution in [3.8, 4) is 0 Å². The summed E-state index contributed by atoms with van der Waals surface area (Å²) in [5, 5.41) is 9.46. The van der Waals surface area contributed by atoms with Crippen LogP contribution in [0.2, 0.25) is 0 Å². The molecule has 0 heterocycles. The molecule has 1 saturated carbocycles. The molecule has 1 unspecified atom stereocenters. The van der Waals surface area contributed by atoms with Crippen LogP contribution in [0.1, 0.15) is 32.1 Å². The summed E-state index contributed by atoms with van der Waals surface area (Å²) < 4.78 is 40.6. The van der Waals surface area contributed by atoms with Crippen molar-refractivity contribution in [3.63, 3.8) is 0 Å². The molecule has 0 bridgehead atoms. The normalized spacial score (nSPS) is 20.0. The Labute approximate surface area is 104 Å². The van der Waals surface area contributed by atoms with E-state index in [4.69, 9.17) is 4.74 Å². The number of aliphatic hydroxyl groups excluding tert-OH is 1. The Morgan fingerprint density at radius 2 is 1.89 bits per heavy atom. The number of hydroxylamine groups is 1. The average Bonchev–Trinajstić information content (AvgIpc) is 2.32. The largest absolute Gasteiger partial charge is 0.413 e. The van der Waals surface area contributed by atoms with Gasteiger partial charge >= 0.3 is 6.18 Å². The van der Waals surface area contributed by atoms with Crippen molar-refractivity contribution >= 4 is 0 Å². The molecular formula is C11H20F3NO3. The molecule has 0 aliphatic heterocycles. The van der Waals surface area contributed by atoms with Crippen molar-refractivity contribution in [1.29, 1.82) is 0 Å². The Morgan fingerprint density at radius 3 is 2.50 bits per heavy atom. The molecule has 18 heavy (non-hydrogen) atoms. The summed E-state index contributed by atoms with van der Waals surface area (Å²) in [6.07, 6.45) is 0.410. The van der Waals surface area contributed by atoms with E-state index in [1.54, 1.807) is 0 Å². The summed E-state index contributed by atoms with van der Waals surface area (Å²) in [6.45, 7) is -1.33. The van der Waals surface area contributed by atoms with Gasteiger partial charge in [0.1, 0.15) is 0 Å². The van der Waals surface area contributed by atoms with Crippen LogP contribution < -0.4 is 5.48 Å². The minimum atomic E-state index is -4.36. The third-order valence-corrected chi connectivity index (χ3v) is 2.73.